The van der Waals surface area contributed by atoms with Crippen molar-refractivity contribution in [3.05, 3.63) is 72.1 Å². The molecular formula is C25H27N5. The molecule has 5 rings (SSSR count). The van der Waals surface area contributed by atoms with Gasteiger partial charge in [0, 0.05) is 45.2 Å². The van der Waals surface area contributed by atoms with E-state index in [9.17, 15) is 0 Å². The predicted molar refractivity (Wildman–Crippen MR) is 125 cm³/mol. The first-order valence-corrected chi connectivity index (χ1v) is 10.6. The lowest BCUT2D eigenvalue weighted by Crippen LogP contribution is -2.46. The highest BCUT2D eigenvalue weighted by Crippen LogP contribution is 2.32. The highest BCUT2D eigenvalue weighted by atomic mass is 15.3. The summed E-state index contributed by atoms with van der Waals surface area (Å²) < 4.78 is 2.24. The van der Waals surface area contributed by atoms with Crippen molar-refractivity contribution in [1.29, 1.82) is 0 Å². The fourth-order valence-electron chi connectivity index (χ4n) is 4.40. The molecule has 0 N–H and O–H groups in total. The van der Waals surface area contributed by atoms with Gasteiger partial charge in [0.2, 0.25) is 0 Å². The first kappa shape index (κ1) is 18.8. The summed E-state index contributed by atoms with van der Waals surface area (Å²) in [5.74, 6) is 1.05. The lowest BCUT2D eigenvalue weighted by Gasteiger charge is -2.35. The quantitative estimate of drug-likeness (QED) is 0.515. The van der Waals surface area contributed by atoms with Gasteiger partial charge in [0.25, 0.3) is 0 Å². The molecule has 0 unspecified atom stereocenters. The zero-order valence-corrected chi connectivity index (χ0v) is 17.6. The number of nitrogens with zero attached hydrogens (tertiary/aromatic N) is 5. The van der Waals surface area contributed by atoms with E-state index >= 15 is 0 Å². The number of hydrogen-bond acceptors (Lipinski definition) is 4. The fraction of sp³-hybridized carbons (Fsp3) is 0.280. The summed E-state index contributed by atoms with van der Waals surface area (Å²) in [7, 11) is 2.12. The van der Waals surface area contributed by atoms with Crippen molar-refractivity contribution < 1.29 is 0 Å². The average Bonchev–Trinajstić information content (AvgIpc) is 3.07. The largest absolute Gasteiger partial charge is 0.352 e. The second kappa shape index (κ2) is 7.92. The Balaban J connectivity index is 1.34. The molecule has 5 nitrogen and oxygen atoms in total. The third-order valence-electron chi connectivity index (χ3n) is 6.05. The van der Waals surface area contributed by atoms with Crippen molar-refractivity contribution in [1.82, 2.24) is 19.4 Å². The van der Waals surface area contributed by atoms with Crippen LogP contribution in [0, 0.1) is 6.92 Å². The standard InChI is InChI=1S/C25H27N5/c1-19-10-11-22-21(17-19)23-24(28(22)2)25(27-18-26-23)30-15-13-29(14-16-30)12-6-9-20-7-4-3-5-8-20/h3-11,17-18H,12-16H2,1-2H3. The van der Waals surface area contributed by atoms with Crippen LogP contribution in [0.5, 0.6) is 0 Å². The summed E-state index contributed by atoms with van der Waals surface area (Å²) in [5.41, 5.74) is 5.91. The van der Waals surface area contributed by atoms with Gasteiger partial charge in [-0.25, -0.2) is 9.97 Å². The Bertz CT molecular complexity index is 1200. The number of piperazine rings is 1. The molecule has 2 aromatic heterocycles. The molecule has 0 spiro atoms. The van der Waals surface area contributed by atoms with Crippen LogP contribution in [0.15, 0.2) is 60.9 Å². The van der Waals surface area contributed by atoms with Crippen LogP contribution in [0.4, 0.5) is 5.82 Å². The van der Waals surface area contributed by atoms with Gasteiger partial charge in [-0.2, -0.15) is 0 Å². The van der Waals surface area contributed by atoms with Crippen LogP contribution in [0.3, 0.4) is 0 Å². The molecule has 1 saturated heterocycles. The monoisotopic (exact) mass is 397 g/mol. The van der Waals surface area contributed by atoms with E-state index in [0.29, 0.717) is 0 Å². The lowest BCUT2D eigenvalue weighted by atomic mass is 10.1. The Labute approximate surface area is 177 Å². The number of anilines is 1. The van der Waals surface area contributed by atoms with E-state index in [2.05, 4.69) is 94.0 Å². The number of fused-ring (bicyclic) bond motifs is 3. The second-order valence-electron chi connectivity index (χ2n) is 8.07. The Hall–Kier alpha value is -3.18. The molecule has 0 bridgehead atoms. The van der Waals surface area contributed by atoms with Gasteiger partial charge in [-0.15, -0.1) is 0 Å². The molecule has 1 aliphatic rings. The molecule has 1 fully saturated rings. The average molecular weight is 398 g/mol. The Kier molecular flexibility index (Phi) is 4.97. The van der Waals surface area contributed by atoms with Gasteiger partial charge < -0.3 is 9.47 Å². The SMILES string of the molecule is Cc1ccc2c(c1)c1ncnc(N3CCN(CC=Cc4ccccc4)CC3)c1n2C. The van der Waals surface area contributed by atoms with E-state index in [1.54, 1.807) is 6.33 Å². The van der Waals surface area contributed by atoms with Crippen molar-refractivity contribution in [2.45, 2.75) is 6.92 Å². The summed E-state index contributed by atoms with van der Waals surface area (Å²) in [5, 5.41) is 1.21. The molecule has 0 radical (unpaired) electrons. The molecular weight excluding hydrogens is 370 g/mol. The fourth-order valence-corrected chi connectivity index (χ4v) is 4.40. The van der Waals surface area contributed by atoms with Crippen LogP contribution in [-0.4, -0.2) is 52.2 Å². The molecule has 152 valence electrons. The smallest absolute Gasteiger partial charge is 0.156 e. The first-order chi connectivity index (χ1) is 14.7. The molecule has 0 aliphatic carbocycles. The number of benzene rings is 2. The molecule has 1 aliphatic heterocycles. The zero-order chi connectivity index (χ0) is 20.5. The van der Waals surface area contributed by atoms with Crippen LogP contribution in [0.2, 0.25) is 0 Å². The maximum Gasteiger partial charge on any atom is 0.156 e. The third kappa shape index (κ3) is 3.46. The maximum absolute atomic E-state index is 4.70. The Morgan fingerprint density at radius 2 is 1.77 bits per heavy atom. The van der Waals surface area contributed by atoms with Gasteiger partial charge in [0.1, 0.15) is 17.4 Å². The van der Waals surface area contributed by atoms with E-state index in [-0.39, 0.29) is 0 Å². The highest BCUT2D eigenvalue weighted by Gasteiger charge is 2.22. The number of hydrogen-bond donors (Lipinski definition) is 0. The van der Waals surface area contributed by atoms with Gasteiger partial charge in [-0.05, 0) is 24.6 Å². The highest BCUT2D eigenvalue weighted by molar-refractivity contribution is 6.09. The first-order valence-electron chi connectivity index (χ1n) is 10.6. The van der Waals surface area contributed by atoms with E-state index < -0.39 is 0 Å². The van der Waals surface area contributed by atoms with Crippen LogP contribution in [-0.2, 0) is 7.05 Å². The summed E-state index contributed by atoms with van der Waals surface area (Å²) in [6.07, 6.45) is 6.19. The van der Waals surface area contributed by atoms with Crippen LogP contribution in [0.25, 0.3) is 28.0 Å². The minimum atomic E-state index is 0.978. The zero-order valence-electron chi connectivity index (χ0n) is 17.6. The van der Waals surface area contributed by atoms with E-state index in [1.807, 2.05) is 0 Å². The van der Waals surface area contributed by atoms with Gasteiger partial charge in [0.05, 0.1) is 5.52 Å². The molecule has 2 aromatic carbocycles. The Morgan fingerprint density at radius 1 is 0.967 bits per heavy atom. The van der Waals surface area contributed by atoms with Gasteiger partial charge in [-0.3, -0.25) is 4.90 Å². The van der Waals surface area contributed by atoms with Gasteiger partial charge >= 0.3 is 0 Å². The third-order valence-corrected chi connectivity index (χ3v) is 6.05. The van der Waals surface area contributed by atoms with Crippen molar-refractivity contribution in [2.75, 3.05) is 37.6 Å². The number of aryl methyl sites for hydroxylation is 2. The topological polar surface area (TPSA) is 37.2 Å². The minimum Gasteiger partial charge on any atom is -0.352 e. The number of aromatic nitrogens is 3. The molecule has 0 amide bonds. The van der Waals surface area contributed by atoms with E-state index in [1.165, 1.54) is 22.0 Å². The lowest BCUT2D eigenvalue weighted by molar-refractivity contribution is 0.284. The van der Waals surface area contributed by atoms with Crippen molar-refractivity contribution in [2.24, 2.45) is 7.05 Å². The normalized spacial score (nSPS) is 15.6. The van der Waals surface area contributed by atoms with Crippen LogP contribution < -0.4 is 4.90 Å². The minimum absolute atomic E-state index is 0.978. The molecule has 0 atom stereocenters. The number of rotatable bonds is 4. The summed E-state index contributed by atoms with van der Waals surface area (Å²) in [6, 6.07) is 17.1. The Morgan fingerprint density at radius 3 is 2.57 bits per heavy atom. The van der Waals surface area contributed by atoms with Crippen molar-refractivity contribution in [3.63, 3.8) is 0 Å². The summed E-state index contributed by atoms with van der Waals surface area (Å²) in [6.45, 7) is 7.14. The van der Waals surface area contributed by atoms with Crippen molar-refractivity contribution >= 4 is 33.8 Å². The molecule has 4 aromatic rings. The van der Waals surface area contributed by atoms with Gasteiger partial charge in [0.15, 0.2) is 5.82 Å². The van der Waals surface area contributed by atoms with Crippen LogP contribution in [0.1, 0.15) is 11.1 Å². The summed E-state index contributed by atoms with van der Waals surface area (Å²) >= 11 is 0. The van der Waals surface area contributed by atoms with E-state index in [4.69, 9.17) is 4.98 Å². The maximum atomic E-state index is 4.70. The second-order valence-corrected chi connectivity index (χ2v) is 8.07. The molecule has 5 heteroatoms. The molecule has 3 heterocycles. The molecule has 0 saturated carbocycles. The predicted octanol–water partition coefficient (Wildman–Crippen LogP) is 4.27. The van der Waals surface area contributed by atoms with Crippen molar-refractivity contribution in [3.8, 4) is 0 Å². The van der Waals surface area contributed by atoms with E-state index in [0.717, 1.165) is 49.6 Å². The van der Waals surface area contributed by atoms with Gasteiger partial charge in [-0.1, -0.05) is 54.1 Å². The summed E-state index contributed by atoms with van der Waals surface area (Å²) in [4.78, 5) is 14.2. The molecule has 30 heavy (non-hydrogen) atoms. The van der Waals surface area contributed by atoms with Crippen LogP contribution >= 0.6 is 0 Å².